The molecule has 0 spiro atoms. The van der Waals surface area contributed by atoms with Crippen molar-refractivity contribution in [1.82, 2.24) is 19.7 Å². The Balaban J connectivity index is 1.53. The summed E-state index contributed by atoms with van der Waals surface area (Å²) in [6.45, 7) is 9.37. The normalized spacial score (nSPS) is 17.4. The Morgan fingerprint density at radius 2 is 2.14 bits per heavy atom. The summed E-state index contributed by atoms with van der Waals surface area (Å²) < 4.78 is 2.30. The summed E-state index contributed by atoms with van der Waals surface area (Å²) in [6.07, 6.45) is 1.15. The van der Waals surface area contributed by atoms with Crippen LogP contribution >= 0.6 is 0 Å². The first kappa shape index (κ1) is 13.8. The molecule has 2 aliphatic rings. The molecule has 0 aliphatic carbocycles. The molecule has 0 unspecified atom stereocenters. The van der Waals surface area contributed by atoms with Crippen LogP contribution in [0.2, 0.25) is 0 Å². The van der Waals surface area contributed by atoms with E-state index in [0.717, 1.165) is 50.8 Å². The molecule has 1 aromatic carbocycles. The highest BCUT2D eigenvalue weighted by atomic mass is 15.3. The molecule has 2 aliphatic heterocycles. The Kier molecular flexibility index (Phi) is 3.37. The van der Waals surface area contributed by atoms with E-state index in [1.54, 1.807) is 0 Å². The Morgan fingerprint density at radius 3 is 3.00 bits per heavy atom. The topological polar surface area (TPSA) is 46.0 Å². The monoisotopic (exact) mass is 297 g/mol. The van der Waals surface area contributed by atoms with Crippen molar-refractivity contribution < 1.29 is 0 Å². The van der Waals surface area contributed by atoms with Crippen LogP contribution < -0.4 is 5.32 Å². The molecule has 116 valence electrons. The standard InChI is InChI=1S/C17H23N5/c1-12(2)17-20-19-15-11-21(8-9-22(15)17)10-14-5-3-4-13-6-7-18-16(13)14/h3-5,12,18H,6-11H2,1-2H3. The molecule has 5 heteroatoms. The molecule has 0 saturated carbocycles. The smallest absolute Gasteiger partial charge is 0.147 e. The summed E-state index contributed by atoms with van der Waals surface area (Å²) >= 11 is 0. The Bertz CT molecular complexity index is 688. The molecule has 5 nitrogen and oxygen atoms in total. The van der Waals surface area contributed by atoms with Gasteiger partial charge in [-0.1, -0.05) is 32.0 Å². The Labute approximate surface area is 131 Å². The van der Waals surface area contributed by atoms with Crippen molar-refractivity contribution in [1.29, 1.82) is 0 Å². The molecule has 0 amide bonds. The number of fused-ring (bicyclic) bond motifs is 2. The van der Waals surface area contributed by atoms with Crippen LogP contribution in [0, 0.1) is 0 Å². The molecule has 3 heterocycles. The number of nitrogens with one attached hydrogen (secondary N) is 1. The van der Waals surface area contributed by atoms with Gasteiger partial charge in [0, 0.05) is 37.8 Å². The number of hydrogen-bond donors (Lipinski definition) is 1. The molecule has 2 aromatic rings. The lowest BCUT2D eigenvalue weighted by Gasteiger charge is -2.28. The SMILES string of the molecule is CC(C)c1nnc2n1CCN(Cc1cccc3c1NCC3)C2. The maximum Gasteiger partial charge on any atom is 0.147 e. The van der Waals surface area contributed by atoms with E-state index in [0.29, 0.717) is 5.92 Å². The van der Waals surface area contributed by atoms with Gasteiger partial charge in [-0.05, 0) is 17.5 Å². The van der Waals surface area contributed by atoms with Gasteiger partial charge in [-0.25, -0.2) is 0 Å². The molecule has 0 fully saturated rings. The third-order valence-corrected chi connectivity index (χ3v) is 4.70. The van der Waals surface area contributed by atoms with Crippen molar-refractivity contribution in [2.45, 2.75) is 45.8 Å². The zero-order valence-corrected chi connectivity index (χ0v) is 13.3. The lowest BCUT2D eigenvalue weighted by Crippen LogP contribution is -2.34. The highest BCUT2D eigenvalue weighted by Gasteiger charge is 2.23. The second-order valence-electron chi connectivity index (χ2n) is 6.62. The van der Waals surface area contributed by atoms with Crippen LogP contribution in [0.15, 0.2) is 18.2 Å². The van der Waals surface area contributed by atoms with Gasteiger partial charge in [0.2, 0.25) is 0 Å². The van der Waals surface area contributed by atoms with Crippen molar-refractivity contribution in [2.75, 3.05) is 18.4 Å². The molecular weight excluding hydrogens is 274 g/mol. The fourth-order valence-electron chi connectivity index (χ4n) is 3.58. The summed E-state index contributed by atoms with van der Waals surface area (Å²) in [5.41, 5.74) is 4.23. The van der Waals surface area contributed by atoms with E-state index in [2.05, 4.69) is 57.0 Å². The van der Waals surface area contributed by atoms with Gasteiger partial charge in [-0.15, -0.1) is 10.2 Å². The van der Waals surface area contributed by atoms with Crippen LogP contribution in [0.25, 0.3) is 0 Å². The second kappa shape index (κ2) is 5.39. The van der Waals surface area contributed by atoms with Crippen LogP contribution in [-0.4, -0.2) is 32.8 Å². The van der Waals surface area contributed by atoms with Gasteiger partial charge >= 0.3 is 0 Å². The van der Waals surface area contributed by atoms with E-state index in [-0.39, 0.29) is 0 Å². The highest BCUT2D eigenvalue weighted by molar-refractivity contribution is 5.61. The molecule has 0 bridgehead atoms. The van der Waals surface area contributed by atoms with Crippen LogP contribution in [0.5, 0.6) is 0 Å². The van der Waals surface area contributed by atoms with Gasteiger partial charge in [-0.2, -0.15) is 0 Å². The Hall–Kier alpha value is -1.88. The van der Waals surface area contributed by atoms with Crippen molar-refractivity contribution in [3.05, 3.63) is 41.0 Å². The van der Waals surface area contributed by atoms with E-state index in [9.17, 15) is 0 Å². The van der Waals surface area contributed by atoms with Crippen LogP contribution in [0.3, 0.4) is 0 Å². The Morgan fingerprint density at radius 1 is 1.23 bits per heavy atom. The van der Waals surface area contributed by atoms with Gasteiger partial charge in [0.25, 0.3) is 0 Å². The summed E-state index contributed by atoms with van der Waals surface area (Å²) in [5.74, 6) is 2.67. The predicted molar refractivity (Wildman–Crippen MR) is 86.9 cm³/mol. The van der Waals surface area contributed by atoms with Crippen LogP contribution in [-0.2, 0) is 26.1 Å². The van der Waals surface area contributed by atoms with Crippen molar-refractivity contribution in [3.63, 3.8) is 0 Å². The number of aromatic nitrogens is 3. The van der Waals surface area contributed by atoms with Gasteiger partial charge in [0.05, 0.1) is 6.54 Å². The van der Waals surface area contributed by atoms with Gasteiger partial charge in [0.15, 0.2) is 0 Å². The molecular formula is C17H23N5. The van der Waals surface area contributed by atoms with E-state index in [4.69, 9.17) is 0 Å². The van der Waals surface area contributed by atoms with E-state index >= 15 is 0 Å². The third-order valence-electron chi connectivity index (χ3n) is 4.70. The summed E-state index contributed by atoms with van der Waals surface area (Å²) in [5, 5.41) is 12.3. The highest BCUT2D eigenvalue weighted by Crippen LogP contribution is 2.28. The van der Waals surface area contributed by atoms with Gasteiger partial charge < -0.3 is 9.88 Å². The number of hydrogen-bond acceptors (Lipinski definition) is 4. The molecule has 0 radical (unpaired) electrons. The lowest BCUT2D eigenvalue weighted by molar-refractivity contribution is 0.207. The summed E-state index contributed by atoms with van der Waals surface area (Å²) in [6, 6.07) is 6.67. The minimum atomic E-state index is 0.439. The first-order chi connectivity index (χ1) is 10.7. The second-order valence-corrected chi connectivity index (χ2v) is 6.62. The van der Waals surface area contributed by atoms with Gasteiger partial charge in [-0.3, -0.25) is 4.90 Å². The van der Waals surface area contributed by atoms with Gasteiger partial charge in [0.1, 0.15) is 11.6 Å². The quantitative estimate of drug-likeness (QED) is 0.945. The number of anilines is 1. The summed E-state index contributed by atoms with van der Waals surface area (Å²) in [7, 11) is 0. The largest absolute Gasteiger partial charge is 0.384 e. The number of nitrogens with zero attached hydrogens (tertiary/aromatic N) is 4. The molecule has 4 rings (SSSR count). The van der Waals surface area contributed by atoms with E-state index in [1.807, 2.05) is 0 Å². The minimum absolute atomic E-state index is 0.439. The fourth-order valence-corrected chi connectivity index (χ4v) is 3.58. The van der Waals surface area contributed by atoms with Crippen molar-refractivity contribution >= 4 is 5.69 Å². The summed E-state index contributed by atoms with van der Waals surface area (Å²) in [4.78, 5) is 2.48. The minimum Gasteiger partial charge on any atom is -0.384 e. The lowest BCUT2D eigenvalue weighted by atomic mass is 10.1. The van der Waals surface area contributed by atoms with E-state index < -0.39 is 0 Å². The van der Waals surface area contributed by atoms with Crippen molar-refractivity contribution in [3.8, 4) is 0 Å². The third kappa shape index (κ3) is 2.29. The van der Waals surface area contributed by atoms with Crippen LogP contribution in [0.1, 0.15) is 42.5 Å². The number of para-hydroxylation sites is 1. The zero-order valence-electron chi connectivity index (χ0n) is 13.3. The average Bonchev–Trinajstić information content (AvgIpc) is 3.13. The maximum absolute atomic E-state index is 4.40. The molecule has 22 heavy (non-hydrogen) atoms. The molecule has 0 saturated heterocycles. The first-order valence-electron chi connectivity index (χ1n) is 8.21. The predicted octanol–water partition coefficient (Wildman–Crippen LogP) is 2.39. The first-order valence-corrected chi connectivity index (χ1v) is 8.21. The van der Waals surface area contributed by atoms with E-state index in [1.165, 1.54) is 16.8 Å². The molecule has 1 N–H and O–H groups in total. The number of rotatable bonds is 3. The molecule has 1 aromatic heterocycles. The molecule has 0 atom stereocenters. The van der Waals surface area contributed by atoms with Crippen LogP contribution in [0.4, 0.5) is 5.69 Å². The van der Waals surface area contributed by atoms with Crippen molar-refractivity contribution in [2.24, 2.45) is 0 Å². The maximum atomic E-state index is 4.40. The fraction of sp³-hybridized carbons (Fsp3) is 0.529. The average molecular weight is 297 g/mol. The number of benzene rings is 1. The zero-order chi connectivity index (χ0) is 15.1.